The lowest BCUT2D eigenvalue weighted by Crippen LogP contribution is -2.41. The highest BCUT2D eigenvalue weighted by Crippen LogP contribution is 2.41. The number of hydrogen-bond acceptors (Lipinski definition) is 3. The SMILES string of the molecule is CC(C)=CCN1CC2(CCN(Cc3ccccc3C(=O)O)CC2)CC1=O. The third kappa shape index (κ3) is 4.15. The Balaban J connectivity index is 1.59. The highest BCUT2D eigenvalue weighted by atomic mass is 16.4. The van der Waals surface area contributed by atoms with E-state index in [0.717, 1.165) is 44.6 Å². The Hall–Kier alpha value is -2.14. The summed E-state index contributed by atoms with van der Waals surface area (Å²) >= 11 is 0. The van der Waals surface area contributed by atoms with Crippen molar-refractivity contribution < 1.29 is 14.7 Å². The minimum Gasteiger partial charge on any atom is -0.478 e. The standard InChI is InChI=1S/C21H28N2O3/c1-16(2)7-10-23-15-21(13-19(23)24)8-11-22(12-9-21)14-17-5-3-4-6-18(17)20(25)26/h3-7H,8-15H2,1-2H3,(H,25,26). The van der Waals surface area contributed by atoms with Crippen LogP contribution in [0.4, 0.5) is 0 Å². The summed E-state index contributed by atoms with van der Waals surface area (Å²) in [5.74, 6) is -0.599. The number of carbonyl (C=O) groups excluding carboxylic acids is 1. The van der Waals surface area contributed by atoms with Crippen LogP contribution in [0, 0.1) is 5.41 Å². The van der Waals surface area contributed by atoms with Crippen molar-refractivity contribution in [3.05, 3.63) is 47.0 Å². The summed E-state index contributed by atoms with van der Waals surface area (Å²) in [7, 11) is 0. The summed E-state index contributed by atoms with van der Waals surface area (Å²) in [5.41, 5.74) is 2.60. The van der Waals surface area contributed by atoms with Gasteiger partial charge in [-0.05, 0) is 56.8 Å². The molecule has 0 unspecified atom stereocenters. The molecule has 1 aromatic carbocycles. The Labute approximate surface area is 155 Å². The number of carboxylic acids is 1. The molecule has 2 heterocycles. The highest BCUT2D eigenvalue weighted by molar-refractivity contribution is 5.89. The number of nitrogens with zero attached hydrogens (tertiary/aromatic N) is 2. The molecule has 2 aliphatic heterocycles. The van der Waals surface area contributed by atoms with Gasteiger partial charge in [-0.25, -0.2) is 4.79 Å². The molecule has 140 valence electrons. The van der Waals surface area contributed by atoms with E-state index in [1.54, 1.807) is 12.1 Å². The zero-order valence-electron chi connectivity index (χ0n) is 15.7. The largest absolute Gasteiger partial charge is 0.478 e. The van der Waals surface area contributed by atoms with E-state index in [1.165, 1.54) is 5.57 Å². The van der Waals surface area contributed by atoms with Gasteiger partial charge in [0.2, 0.25) is 5.91 Å². The first-order valence-corrected chi connectivity index (χ1v) is 9.33. The van der Waals surface area contributed by atoms with Crippen LogP contribution in [0.25, 0.3) is 0 Å². The zero-order chi connectivity index (χ0) is 18.7. The van der Waals surface area contributed by atoms with Crippen LogP contribution >= 0.6 is 0 Å². The molecule has 0 radical (unpaired) electrons. The number of benzene rings is 1. The summed E-state index contributed by atoms with van der Waals surface area (Å²) in [6, 6.07) is 7.22. The maximum absolute atomic E-state index is 12.4. The number of allylic oxidation sites excluding steroid dienone is 1. The van der Waals surface area contributed by atoms with E-state index >= 15 is 0 Å². The molecule has 2 saturated heterocycles. The summed E-state index contributed by atoms with van der Waals surface area (Å²) in [4.78, 5) is 28.1. The van der Waals surface area contributed by atoms with Crippen LogP contribution < -0.4 is 0 Å². The van der Waals surface area contributed by atoms with E-state index in [2.05, 4.69) is 24.8 Å². The van der Waals surface area contributed by atoms with Gasteiger partial charge < -0.3 is 10.0 Å². The molecular weight excluding hydrogens is 328 g/mol. The second kappa shape index (κ2) is 7.62. The number of rotatable bonds is 5. The second-order valence-electron chi connectivity index (χ2n) is 7.97. The van der Waals surface area contributed by atoms with E-state index in [9.17, 15) is 14.7 Å². The first kappa shape index (κ1) is 18.6. The maximum Gasteiger partial charge on any atom is 0.336 e. The summed E-state index contributed by atoms with van der Waals surface area (Å²) < 4.78 is 0. The van der Waals surface area contributed by atoms with Crippen LogP contribution in [-0.2, 0) is 11.3 Å². The number of hydrogen-bond donors (Lipinski definition) is 1. The monoisotopic (exact) mass is 356 g/mol. The van der Waals surface area contributed by atoms with Gasteiger partial charge in [0, 0.05) is 26.1 Å². The third-order valence-electron chi connectivity index (χ3n) is 5.68. The van der Waals surface area contributed by atoms with Crippen molar-refractivity contribution in [1.82, 2.24) is 9.80 Å². The predicted octanol–water partition coefficient (Wildman–Crippen LogP) is 3.17. The minimum atomic E-state index is -0.870. The molecule has 1 N–H and O–H groups in total. The molecule has 0 saturated carbocycles. The lowest BCUT2D eigenvalue weighted by molar-refractivity contribution is -0.127. The van der Waals surface area contributed by atoms with Gasteiger partial charge in [-0.3, -0.25) is 9.69 Å². The highest BCUT2D eigenvalue weighted by Gasteiger charge is 2.44. The fraction of sp³-hybridized carbons (Fsp3) is 0.524. The van der Waals surface area contributed by atoms with Gasteiger partial charge >= 0.3 is 5.97 Å². The second-order valence-corrected chi connectivity index (χ2v) is 7.97. The van der Waals surface area contributed by atoms with E-state index in [4.69, 9.17) is 0 Å². The van der Waals surface area contributed by atoms with E-state index in [1.807, 2.05) is 17.0 Å². The maximum atomic E-state index is 12.4. The molecule has 1 aromatic rings. The first-order chi connectivity index (χ1) is 12.4. The van der Waals surface area contributed by atoms with Gasteiger partial charge in [0.05, 0.1) is 5.56 Å². The van der Waals surface area contributed by atoms with Crippen molar-refractivity contribution in [2.24, 2.45) is 5.41 Å². The van der Waals surface area contributed by atoms with Gasteiger partial charge in [-0.1, -0.05) is 29.8 Å². The van der Waals surface area contributed by atoms with Crippen LogP contribution in [-0.4, -0.2) is 53.0 Å². The number of piperidine rings is 1. The average molecular weight is 356 g/mol. The molecule has 5 nitrogen and oxygen atoms in total. The lowest BCUT2D eigenvalue weighted by atomic mass is 9.77. The smallest absolute Gasteiger partial charge is 0.336 e. The van der Waals surface area contributed by atoms with Crippen LogP contribution in [0.3, 0.4) is 0 Å². The molecule has 1 spiro atoms. The Morgan fingerprint density at radius 2 is 1.92 bits per heavy atom. The molecule has 0 atom stereocenters. The van der Waals surface area contributed by atoms with Crippen molar-refractivity contribution in [2.75, 3.05) is 26.2 Å². The summed E-state index contributed by atoms with van der Waals surface area (Å²) in [5, 5.41) is 9.34. The van der Waals surface area contributed by atoms with E-state index in [-0.39, 0.29) is 11.3 Å². The Morgan fingerprint density at radius 3 is 2.58 bits per heavy atom. The Morgan fingerprint density at radius 1 is 1.23 bits per heavy atom. The van der Waals surface area contributed by atoms with Crippen molar-refractivity contribution in [1.29, 1.82) is 0 Å². The van der Waals surface area contributed by atoms with E-state index in [0.29, 0.717) is 18.5 Å². The number of carbonyl (C=O) groups is 2. The minimum absolute atomic E-state index is 0.107. The average Bonchev–Trinajstić information content (AvgIpc) is 2.91. The van der Waals surface area contributed by atoms with Crippen molar-refractivity contribution >= 4 is 11.9 Å². The number of carboxylic acid groups (broad SMARTS) is 1. The third-order valence-corrected chi connectivity index (χ3v) is 5.68. The normalized spacial score (nSPS) is 19.8. The lowest BCUT2D eigenvalue weighted by Gasteiger charge is -2.39. The number of amides is 1. The summed E-state index contributed by atoms with van der Waals surface area (Å²) in [6.45, 7) is 8.19. The number of likely N-dealkylation sites (tertiary alicyclic amines) is 2. The first-order valence-electron chi connectivity index (χ1n) is 9.33. The molecule has 0 aromatic heterocycles. The molecule has 2 fully saturated rings. The van der Waals surface area contributed by atoms with Crippen LogP contribution in [0.15, 0.2) is 35.9 Å². The molecule has 3 rings (SSSR count). The Bertz CT molecular complexity index is 714. The Kier molecular flexibility index (Phi) is 5.47. The molecule has 2 aliphatic rings. The van der Waals surface area contributed by atoms with Crippen LogP contribution in [0.1, 0.15) is 49.0 Å². The van der Waals surface area contributed by atoms with Gasteiger partial charge in [0.1, 0.15) is 0 Å². The van der Waals surface area contributed by atoms with Crippen molar-refractivity contribution in [3.8, 4) is 0 Å². The van der Waals surface area contributed by atoms with Gasteiger partial charge in [0.15, 0.2) is 0 Å². The number of aromatic carboxylic acids is 1. The van der Waals surface area contributed by atoms with Gasteiger partial charge in [-0.15, -0.1) is 0 Å². The summed E-state index contributed by atoms with van der Waals surface area (Å²) in [6.07, 6.45) is 4.77. The molecule has 0 bridgehead atoms. The molecular formula is C21H28N2O3. The topological polar surface area (TPSA) is 60.9 Å². The van der Waals surface area contributed by atoms with Crippen LogP contribution in [0.2, 0.25) is 0 Å². The van der Waals surface area contributed by atoms with Gasteiger partial charge in [0.25, 0.3) is 0 Å². The molecule has 5 heteroatoms. The van der Waals surface area contributed by atoms with Crippen molar-refractivity contribution in [3.63, 3.8) is 0 Å². The van der Waals surface area contributed by atoms with Gasteiger partial charge in [-0.2, -0.15) is 0 Å². The molecule has 26 heavy (non-hydrogen) atoms. The predicted molar refractivity (Wildman–Crippen MR) is 101 cm³/mol. The fourth-order valence-corrected chi connectivity index (χ4v) is 4.07. The fourth-order valence-electron chi connectivity index (χ4n) is 4.07. The van der Waals surface area contributed by atoms with Crippen molar-refractivity contribution in [2.45, 2.75) is 39.7 Å². The molecule has 1 amide bonds. The zero-order valence-corrected chi connectivity index (χ0v) is 15.7. The van der Waals surface area contributed by atoms with Crippen LogP contribution in [0.5, 0.6) is 0 Å². The van der Waals surface area contributed by atoms with E-state index < -0.39 is 5.97 Å². The molecule has 0 aliphatic carbocycles. The quantitative estimate of drug-likeness (QED) is 0.823.